The number of aromatic carboxylic acids is 1. The fraction of sp³-hybridized carbons (Fsp3) is 0.214. The number of nitrogens with one attached hydrogen (secondary N) is 1. The number of sulfonamides is 1. The van der Waals surface area contributed by atoms with E-state index in [1.807, 2.05) is 13.8 Å². The van der Waals surface area contributed by atoms with Gasteiger partial charge >= 0.3 is 5.97 Å². The summed E-state index contributed by atoms with van der Waals surface area (Å²) in [5.41, 5.74) is 0.855. The molecule has 0 amide bonds. The predicted molar refractivity (Wildman–Crippen MR) is 82.6 cm³/mol. The maximum atomic E-state index is 12.2. The van der Waals surface area contributed by atoms with Gasteiger partial charge in [-0.05, 0) is 35.1 Å². The summed E-state index contributed by atoms with van der Waals surface area (Å²) in [4.78, 5) is 11.3. The van der Waals surface area contributed by atoms with E-state index in [1.165, 1.54) is 18.2 Å². The molecule has 0 atom stereocenters. The summed E-state index contributed by atoms with van der Waals surface area (Å²) >= 11 is 1.07. The largest absolute Gasteiger partial charge is 0.478 e. The molecule has 1 heterocycles. The number of hydrogen-bond donors (Lipinski definition) is 2. The number of carbonyl (C=O) groups is 1. The van der Waals surface area contributed by atoms with Gasteiger partial charge in [0.05, 0.1) is 11.3 Å². The second-order valence-corrected chi connectivity index (χ2v) is 7.66. The monoisotopic (exact) mass is 325 g/mol. The van der Waals surface area contributed by atoms with Crippen LogP contribution in [0.25, 0.3) is 0 Å². The van der Waals surface area contributed by atoms with Gasteiger partial charge in [0.1, 0.15) is 4.21 Å². The van der Waals surface area contributed by atoms with Crippen LogP contribution in [0.3, 0.4) is 0 Å². The van der Waals surface area contributed by atoms with Crippen LogP contribution in [-0.2, 0) is 10.0 Å². The number of benzene rings is 1. The lowest BCUT2D eigenvalue weighted by molar-refractivity contribution is 0.0698. The number of rotatable bonds is 5. The van der Waals surface area contributed by atoms with Crippen LogP contribution in [0.2, 0.25) is 0 Å². The molecule has 1 aromatic heterocycles. The molecule has 112 valence electrons. The fourth-order valence-corrected chi connectivity index (χ4v) is 3.87. The topological polar surface area (TPSA) is 83.5 Å². The van der Waals surface area contributed by atoms with Crippen molar-refractivity contribution < 1.29 is 18.3 Å². The molecule has 0 fully saturated rings. The van der Waals surface area contributed by atoms with Crippen LogP contribution >= 0.6 is 11.3 Å². The quantitative estimate of drug-likeness (QED) is 0.883. The standard InChI is InChI=1S/C14H15NO4S2/c1-9(2)10-5-6-12(11(8-10)14(16)17)15-21(18,19)13-4-3-7-20-13/h3-9,15H,1-2H3,(H,16,17). The maximum Gasteiger partial charge on any atom is 0.337 e. The van der Waals surface area contributed by atoms with Crippen LogP contribution in [0.15, 0.2) is 39.9 Å². The smallest absolute Gasteiger partial charge is 0.337 e. The molecule has 0 aliphatic heterocycles. The summed E-state index contributed by atoms with van der Waals surface area (Å²) in [6.45, 7) is 3.88. The average Bonchev–Trinajstić information content (AvgIpc) is 2.92. The Morgan fingerprint density at radius 2 is 2.00 bits per heavy atom. The van der Waals surface area contributed by atoms with E-state index >= 15 is 0 Å². The van der Waals surface area contributed by atoms with Gasteiger partial charge < -0.3 is 5.11 Å². The number of carboxylic acids is 1. The molecule has 0 saturated carbocycles. The molecule has 0 saturated heterocycles. The van der Waals surface area contributed by atoms with E-state index in [0.717, 1.165) is 16.9 Å². The summed E-state index contributed by atoms with van der Waals surface area (Å²) in [6.07, 6.45) is 0. The van der Waals surface area contributed by atoms with Gasteiger partial charge in [-0.2, -0.15) is 0 Å². The molecule has 21 heavy (non-hydrogen) atoms. The zero-order valence-electron chi connectivity index (χ0n) is 11.5. The third kappa shape index (κ3) is 3.43. The van der Waals surface area contributed by atoms with Crippen molar-refractivity contribution >= 4 is 33.0 Å². The molecule has 1 aromatic carbocycles. The molecule has 2 N–H and O–H groups in total. The maximum absolute atomic E-state index is 12.2. The Morgan fingerprint density at radius 1 is 1.29 bits per heavy atom. The third-order valence-electron chi connectivity index (χ3n) is 2.94. The molecular formula is C14H15NO4S2. The van der Waals surface area contributed by atoms with Crippen molar-refractivity contribution in [2.24, 2.45) is 0 Å². The highest BCUT2D eigenvalue weighted by Crippen LogP contribution is 2.26. The number of thiophene rings is 1. The minimum absolute atomic E-state index is 0.0543. The summed E-state index contributed by atoms with van der Waals surface area (Å²) in [6, 6.07) is 7.81. The molecule has 0 aliphatic carbocycles. The Morgan fingerprint density at radius 3 is 2.52 bits per heavy atom. The molecule has 0 aliphatic rings. The van der Waals surface area contributed by atoms with Crippen molar-refractivity contribution in [1.29, 1.82) is 0 Å². The molecule has 0 unspecified atom stereocenters. The normalized spacial score (nSPS) is 11.6. The third-order valence-corrected chi connectivity index (χ3v) is 5.71. The second-order valence-electron chi connectivity index (χ2n) is 4.80. The summed E-state index contributed by atoms with van der Waals surface area (Å²) in [5, 5.41) is 10.9. The van der Waals surface area contributed by atoms with Gasteiger partial charge in [0.2, 0.25) is 0 Å². The highest BCUT2D eigenvalue weighted by molar-refractivity contribution is 7.94. The number of hydrogen-bond acceptors (Lipinski definition) is 4. The van der Waals surface area contributed by atoms with Crippen LogP contribution in [0.4, 0.5) is 5.69 Å². The Balaban J connectivity index is 2.43. The average molecular weight is 325 g/mol. The van der Waals surface area contributed by atoms with Crippen molar-refractivity contribution in [2.45, 2.75) is 24.0 Å². The fourth-order valence-electron chi connectivity index (χ4n) is 1.80. The highest BCUT2D eigenvalue weighted by atomic mass is 32.2. The minimum Gasteiger partial charge on any atom is -0.478 e. The van der Waals surface area contributed by atoms with Gasteiger partial charge in [-0.1, -0.05) is 26.0 Å². The molecule has 2 rings (SSSR count). The second kappa shape index (κ2) is 5.87. The van der Waals surface area contributed by atoms with Gasteiger partial charge in [0, 0.05) is 0 Å². The molecule has 0 spiro atoms. The van der Waals surface area contributed by atoms with Gasteiger partial charge in [-0.3, -0.25) is 4.72 Å². The van der Waals surface area contributed by atoms with Crippen molar-refractivity contribution in [3.8, 4) is 0 Å². The Labute approximate surface area is 127 Å². The van der Waals surface area contributed by atoms with E-state index in [9.17, 15) is 18.3 Å². The Hall–Kier alpha value is -1.86. The van der Waals surface area contributed by atoms with E-state index in [4.69, 9.17) is 0 Å². The molecule has 0 radical (unpaired) electrons. The molecule has 7 heteroatoms. The van der Waals surface area contributed by atoms with Gasteiger partial charge in [0.25, 0.3) is 10.0 Å². The van der Waals surface area contributed by atoms with Crippen molar-refractivity contribution in [3.63, 3.8) is 0 Å². The molecular weight excluding hydrogens is 310 g/mol. The first-order chi connectivity index (χ1) is 9.81. The van der Waals surface area contributed by atoms with E-state index in [0.29, 0.717) is 0 Å². The molecule has 2 aromatic rings. The Bertz CT molecular complexity index is 749. The summed E-state index contributed by atoms with van der Waals surface area (Å²) in [5.74, 6) is -1.01. The van der Waals surface area contributed by atoms with Crippen LogP contribution < -0.4 is 4.72 Å². The van der Waals surface area contributed by atoms with Crippen LogP contribution in [-0.4, -0.2) is 19.5 Å². The van der Waals surface area contributed by atoms with Gasteiger partial charge in [-0.15, -0.1) is 11.3 Å². The van der Waals surface area contributed by atoms with E-state index in [-0.39, 0.29) is 21.4 Å². The first-order valence-corrected chi connectivity index (χ1v) is 8.61. The van der Waals surface area contributed by atoms with Gasteiger partial charge in [-0.25, -0.2) is 13.2 Å². The van der Waals surface area contributed by atoms with Crippen LogP contribution in [0, 0.1) is 0 Å². The Kier molecular flexibility index (Phi) is 4.34. The van der Waals surface area contributed by atoms with E-state index in [1.54, 1.807) is 17.5 Å². The highest BCUT2D eigenvalue weighted by Gasteiger charge is 2.20. The molecule has 0 bridgehead atoms. The first-order valence-electron chi connectivity index (χ1n) is 6.25. The van der Waals surface area contributed by atoms with Crippen molar-refractivity contribution in [1.82, 2.24) is 0 Å². The van der Waals surface area contributed by atoms with Crippen molar-refractivity contribution in [2.75, 3.05) is 4.72 Å². The van der Waals surface area contributed by atoms with E-state index < -0.39 is 16.0 Å². The lowest BCUT2D eigenvalue weighted by atomic mass is 10.00. The lowest BCUT2D eigenvalue weighted by Crippen LogP contribution is -2.15. The van der Waals surface area contributed by atoms with Gasteiger partial charge in [0.15, 0.2) is 0 Å². The zero-order chi connectivity index (χ0) is 15.6. The summed E-state index contributed by atoms with van der Waals surface area (Å²) in [7, 11) is -3.75. The number of anilines is 1. The SMILES string of the molecule is CC(C)c1ccc(NS(=O)(=O)c2cccs2)c(C(=O)O)c1. The zero-order valence-corrected chi connectivity index (χ0v) is 13.2. The minimum atomic E-state index is -3.75. The first kappa shape index (κ1) is 15.5. The van der Waals surface area contributed by atoms with E-state index in [2.05, 4.69) is 4.72 Å². The predicted octanol–water partition coefficient (Wildman–Crippen LogP) is 3.37. The lowest BCUT2D eigenvalue weighted by Gasteiger charge is -2.12. The number of carboxylic acid groups (broad SMARTS) is 1. The van der Waals surface area contributed by atoms with Crippen molar-refractivity contribution in [3.05, 3.63) is 46.8 Å². The molecule has 5 nitrogen and oxygen atoms in total. The summed E-state index contributed by atoms with van der Waals surface area (Å²) < 4.78 is 26.8. The van der Waals surface area contributed by atoms with Crippen LogP contribution in [0.5, 0.6) is 0 Å². The van der Waals surface area contributed by atoms with Crippen LogP contribution in [0.1, 0.15) is 35.7 Å².